The van der Waals surface area contributed by atoms with Crippen LogP contribution in [-0.2, 0) is 11.8 Å². The van der Waals surface area contributed by atoms with Gasteiger partial charge in [0.2, 0.25) is 0 Å². The number of likely N-dealkylation sites (tertiary alicyclic amines) is 1. The average molecular weight is 487 g/mol. The van der Waals surface area contributed by atoms with Crippen LogP contribution >= 0.6 is 0 Å². The van der Waals surface area contributed by atoms with E-state index in [2.05, 4.69) is 14.9 Å². The van der Waals surface area contributed by atoms with E-state index in [9.17, 15) is 31.4 Å². The lowest BCUT2D eigenvalue weighted by Crippen LogP contribution is -2.63. The third-order valence-electron chi connectivity index (χ3n) is 5.82. The molecule has 2 aromatic carbocycles. The van der Waals surface area contributed by atoms with Gasteiger partial charge in [-0.2, -0.15) is 18.2 Å². The molecule has 1 aliphatic rings. The molecule has 1 N–H and O–H groups in total. The number of rotatable bonds is 5. The van der Waals surface area contributed by atoms with Crippen molar-refractivity contribution in [1.29, 1.82) is 0 Å². The molecule has 1 fully saturated rings. The molecule has 0 saturated carbocycles. The second-order valence-electron chi connectivity index (χ2n) is 8.52. The van der Waals surface area contributed by atoms with Crippen LogP contribution in [0.15, 0.2) is 53.1 Å². The summed E-state index contributed by atoms with van der Waals surface area (Å²) >= 11 is 0. The van der Waals surface area contributed by atoms with Gasteiger partial charge < -0.3 is 19.3 Å². The summed E-state index contributed by atoms with van der Waals surface area (Å²) in [5, 5.41) is 15.0. The molecule has 34 heavy (non-hydrogen) atoms. The Hall–Kier alpha value is -3.12. The monoisotopic (exact) mass is 487 g/mol. The number of aromatic nitrogens is 2. The number of hydrogen-bond acceptors (Lipinski definition) is 6. The van der Waals surface area contributed by atoms with Crippen LogP contribution in [0.2, 0.25) is 0 Å². The number of hydrogen-bond donors (Lipinski definition) is 1. The first-order chi connectivity index (χ1) is 15.7. The van der Waals surface area contributed by atoms with E-state index in [4.69, 9.17) is 4.52 Å². The number of nitrogens with zero attached hydrogens (tertiary/aromatic N) is 3. The molecule has 1 saturated heterocycles. The minimum atomic E-state index is -4.87. The largest absolute Gasteiger partial charge is 0.573 e. The van der Waals surface area contributed by atoms with Crippen molar-refractivity contribution in [3.63, 3.8) is 0 Å². The third-order valence-corrected chi connectivity index (χ3v) is 5.82. The van der Waals surface area contributed by atoms with E-state index in [1.807, 2.05) is 18.9 Å². The predicted octanol–water partition coefficient (Wildman–Crippen LogP) is 4.84. The normalized spacial score (nSPS) is 18.3. The maximum atomic E-state index is 12.9. The van der Waals surface area contributed by atoms with Gasteiger partial charge in [0.1, 0.15) is 11.4 Å². The lowest BCUT2D eigenvalue weighted by Gasteiger charge is -2.56. The van der Waals surface area contributed by atoms with Gasteiger partial charge in [0.05, 0.1) is 0 Å². The topological polar surface area (TPSA) is 71.6 Å². The first-order valence-electron chi connectivity index (χ1n) is 10.0. The summed E-state index contributed by atoms with van der Waals surface area (Å²) in [5.74, 6) is -2.27. The molecule has 182 valence electrons. The molecule has 6 nitrogen and oxygen atoms in total. The highest BCUT2D eigenvalue weighted by Gasteiger charge is 2.55. The Morgan fingerprint density at radius 2 is 1.65 bits per heavy atom. The molecule has 4 rings (SSSR count). The first kappa shape index (κ1) is 24.0. The molecule has 12 heteroatoms. The van der Waals surface area contributed by atoms with Gasteiger partial charge in [-0.05, 0) is 42.4 Å². The number of alkyl halides is 6. The molecule has 0 radical (unpaired) electrons. The zero-order valence-corrected chi connectivity index (χ0v) is 17.9. The van der Waals surface area contributed by atoms with Gasteiger partial charge in [0.25, 0.3) is 11.7 Å². The van der Waals surface area contributed by atoms with Crippen LogP contribution in [0.1, 0.15) is 23.9 Å². The standard InChI is InChI=1S/C22H19F6N3O3/c1-19(11-31(2)12-19)20(32,14-6-8-16(9-7-14)33-22(26,27)28)15-5-3-4-13(10-15)17-29-18(30-34-17)21(23,24)25/h3-10,32H,11-12H2,1-2H3/t20-/m1/s1. The molecule has 0 spiro atoms. The van der Waals surface area contributed by atoms with Crippen molar-refractivity contribution in [3.8, 4) is 17.2 Å². The summed E-state index contributed by atoms with van der Waals surface area (Å²) in [6, 6.07) is 10.8. The summed E-state index contributed by atoms with van der Waals surface area (Å²) < 4.78 is 85.0. The first-order valence-corrected chi connectivity index (χ1v) is 10.0. The van der Waals surface area contributed by atoms with Crippen LogP contribution in [0.4, 0.5) is 26.3 Å². The summed E-state index contributed by atoms with van der Waals surface area (Å²) in [4.78, 5) is 5.33. The Bertz CT molecular complexity index is 1170. The average Bonchev–Trinajstić information content (AvgIpc) is 3.22. The fourth-order valence-electron chi connectivity index (χ4n) is 4.47. The fourth-order valence-corrected chi connectivity index (χ4v) is 4.47. The van der Waals surface area contributed by atoms with Crippen molar-refractivity contribution in [3.05, 3.63) is 65.5 Å². The maximum absolute atomic E-state index is 12.9. The molecule has 0 aliphatic carbocycles. The van der Waals surface area contributed by atoms with Crippen LogP contribution < -0.4 is 4.74 Å². The zero-order chi connectivity index (χ0) is 24.9. The molecule has 3 aromatic rings. The van der Waals surface area contributed by atoms with Crippen molar-refractivity contribution in [1.82, 2.24) is 15.0 Å². The maximum Gasteiger partial charge on any atom is 0.573 e. The van der Waals surface area contributed by atoms with Crippen LogP contribution in [-0.4, -0.2) is 46.6 Å². The Morgan fingerprint density at radius 3 is 2.18 bits per heavy atom. The number of ether oxygens (including phenoxy) is 1. The van der Waals surface area contributed by atoms with Gasteiger partial charge in [-0.15, -0.1) is 13.2 Å². The second kappa shape index (κ2) is 7.98. The Morgan fingerprint density at radius 1 is 1.00 bits per heavy atom. The molecule has 0 unspecified atom stereocenters. The van der Waals surface area contributed by atoms with Gasteiger partial charge in [-0.1, -0.05) is 36.3 Å². The Kier molecular flexibility index (Phi) is 5.64. The van der Waals surface area contributed by atoms with Gasteiger partial charge in [-0.3, -0.25) is 0 Å². The van der Waals surface area contributed by atoms with Gasteiger partial charge in [-0.25, -0.2) is 0 Å². The zero-order valence-electron chi connectivity index (χ0n) is 17.9. The highest BCUT2D eigenvalue weighted by Crippen LogP contribution is 2.50. The van der Waals surface area contributed by atoms with E-state index >= 15 is 0 Å². The predicted molar refractivity (Wildman–Crippen MR) is 106 cm³/mol. The third kappa shape index (κ3) is 4.34. The van der Waals surface area contributed by atoms with E-state index in [0.717, 1.165) is 12.1 Å². The molecular formula is C22H19F6N3O3. The highest BCUT2D eigenvalue weighted by atomic mass is 19.4. The van der Waals surface area contributed by atoms with Crippen molar-refractivity contribution < 1.29 is 40.7 Å². The van der Waals surface area contributed by atoms with Crippen LogP contribution in [0.25, 0.3) is 11.5 Å². The van der Waals surface area contributed by atoms with Crippen molar-refractivity contribution in [2.45, 2.75) is 25.1 Å². The lowest BCUT2D eigenvalue weighted by atomic mass is 9.62. The van der Waals surface area contributed by atoms with Crippen LogP contribution in [0.5, 0.6) is 5.75 Å². The minimum Gasteiger partial charge on any atom is -0.406 e. The molecular weight excluding hydrogens is 468 g/mol. The molecule has 0 amide bonds. The highest BCUT2D eigenvalue weighted by molar-refractivity contribution is 5.57. The van der Waals surface area contributed by atoms with E-state index in [-0.39, 0.29) is 17.0 Å². The summed E-state index contributed by atoms with van der Waals surface area (Å²) in [7, 11) is 1.84. The van der Waals surface area contributed by atoms with Crippen LogP contribution in [0, 0.1) is 5.41 Å². The van der Waals surface area contributed by atoms with Crippen molar-refractivity contribution >= 4 is 0 Å². The molecule has 1 atom stereocenters. The molecule has 1 aliphatic heterocycles. The number of halogens is 6. The van der Waals surface area contributed by atoms with Gasteiger partial charge in [0, 0.05) is 24.1 Å². The number of aliphatic hydroxyl groups is 1. The summed E-state index contributed by atoms with van der Waals surface area (Å²) in [6.45, 7) is 2.72. The van der Waals surface area contributed by atoms with E-state index in [1.165, 1.54) is 30.3 Å². The smallest absolute Gasteiger partial charge is 0.406 e. The van der Waals surface area contributed by atoms with Gasteiger partial charge in [0.15, 0.2) is 0 Å². The minimum absolute atomic E-state index is 0.146. The van der Waals surface area contributed by atoms with E-state index in [1.54, 1.807) is 6.07 Å². The van der Waals surface area contributed by atoms with E-state index < -0.39 is 35.1 Å². The van der Waals surface area contributed by atoms with Crippen molar-refractivity contribution in [2.24, 2.45) is 5.41 Å². The Balaban J connectivity index is 1.77. The van der Waals surface area contributed by atoms with Crippen LogP contribution in [0.3, 0.4) is 0 Å². The summed E-state index contributed by atoms with van der Waals surface area (Å²) in [5.41, 5.74) is -1.74. The Labute approximate surface area is 189 Å². The fraction of sp³-hybridized carbons (Fsp3) is 0.364. The molecule has 0 bridgehead atoms. The molecule has 2 heterocycles. The molecule has 1 aromatic heterocycles. The lowest BCUT2D eigenvalue weighted by molar-refractivity contribution is -0.274. The second-order valence-corrected chi connectivity index (χ2v) is 8.52. The van der Waals surface area contributed by atoms with Crippen molar-refractivity contribution in [2.75, 3.05) is 20.1 Å². The quantitative estimate of drug-likeness (QED) is 0.520. The summed E-state index contributed by atoms with van der Waals surface area (Å²) in [6.07, 6.45) is -9.65. The van der Waals surface area contributed by atoms with E-state index in [0.29, 0.717) is 18.7 Å². The van der Waals surface area contributed by atoms with Gasteiger partial charge >= 0.3 is 12.5 Å². The SMILES string of the molecule is CN1CC(C)([C@@](O)(c2ccc(OC(F)(F)F)cc2)c2cccc(-c3nc(C(F)(F)F)no3)c2)C1. The number of benzene rings is 2.